The zero-order valence-corrected chi connectivity index (χ0v) is 11.9. The molecule has 4 heteroatoms. The Labute approximate surface area is 114 Å². The highest BCUT2D eigenvalue weighted by Gasteiger charge is 2.15. The average molecular weight is 259 g/mol. The molecule has 102 valence electrons. The quantitative estimate of drug-likeness (QED) is 0.896. The summed E-state index contributed by atoms with van der Waals surface area (Å²) in [5.41, 5.74) is 2.34. The Morgan fingerprint density at radius 1 is 1.21 bits per heavy atom. The number of aryl methyl sites for hydroxylation is 1. The van der Waals surface area contributed by atoms with Crippen LogP contribution in [-0.4, -0.2) is 22.7 Å². The van der Waals surface area contributed by atoms with Crippen molar-refractivity contribution in [1.29, 1.82) is 0 Å². The van der Waals surface area contributed by atoms with Crippen molar-refractivity contribution in [3.05, 3.63) is 48.0 Å². The minimum atomic E-state index is 0.139. The van der Waals surface area contributed by atoms with Crippen LogP contribution in [0.3, 0.4) is 0 Å². The summed E-state index contributed by atoms with van der Waals surface area (Å²) in [5, 5.41) is 3.32. The maximum atomic E-state index is 5.66. The first kappa shape index (κ1) is 13.6. The van der Waals surface area contributed by atoms with Gasteiger partial charge in [-0.1, -0.05) is 12.1 Å². The van der Waals surface area contributed by atoms with Gasteiger partial charge < -0.3 is 14.6 Å². The molecule has 0 radical (unpaired) electrons. The fourth-order valence-corrected chi connectivity index (χ4v) is 2.14. The second-order valence-corrected chi connectivity index (χ2v) is 4.89. The number of nitrogens with one attached hydrogen (secondary N) is 1. The van der Waals surface area contributed by atoms with E-state index in [9.17, 15) is 0 Å². The van der Waals surface area contributed by atoms with E-state index in [2.05, 4.69) is 22.4 Å². The third-order valence-corrected chi connectivity index (χ3v) is 3.02. The zero-order chi connectivity index (χ0) is 13.8. The van der Waals surface area contributed by atoms with Crippen LogP contribution in [0.1, 0.15) is 31.1 Å². The van der Waals surface area contributed by atoms with Crippen molar-refractivity contribution in [2.75, 3.05) is 7.05 Å². The summed E-state index contributed by atoms with van der Waals surface area (Å²) in [6.45, 7) is 4.06. The van der Waals surface area contributed by atoms with Crippen LogP contribution in [0.4, 0.5) is 0 Å². The second-order valence-electron chi connectivity index (χ2n) is 4.89. The Morgan fingerprint density at radius 3 is 2.37 bits per heavy atom. The predicted molar refractivity (Wildman–Crippen MR) is 76.3 cm³/mol. The summed E-state index contributed by atoms with van der Waals surface area (Å²) in [6, 6.07) is 8.34. The first-order valence-electron chi connectivity index (χ1n) is 6.52. The monoisotopic (exact) mass is 259 g/mol. The van der Waals surface area contributed by atoms with Gasteiger partial charge in [0.05, 0.1) is 30.4 Å². The number of imidazole rings is 1. The van der Waals surface area contributed by atoms with Gasteiger partial charge in [-0.3, -0.25) is 0 Å². The average Bonchev–Trinajstić information content (AvgIpc) is 2.78. The topological polar surface area (TPSA) is 39.1 Å². The van der Waals surface area contributed by atoms with Crippen LogP contribution >= 0.6 is 0 Å². The second kappa shape index (κ2) is 5.89. The van der Waals surface area contributed by atoms with Gasteiger partial charge in [0.2, 0.25) is 0 Å². The first-order chi connectivity index (χ1) is 9.11. The summed E-state index contributed by atoms with van der Waals surface area (Å²) < 4.78 is 7.69. The van der Waals surface area contributed by atoms with Crippen LogP contribution < -0.4 is 10.1 Å². The lowest BCUT2D eigenvalue weighted by molar-refractivity contribution is 0.242. The van der Waals surface area contributed by atoms with E-state index in [-0.39, 0.29) is 12.1 Å². The number of ether oxygens (including phenoxy) is 1. The number of hydrogen-bond donors (Lipinski definition) is 1. The molecule has 1 heterocycles. The Morgan fingerprint density at radius 2 is 1.89 bits per heavy atom. The van der Waals surface area contributed by atoms with Crippen molar-refractivity contribution in [3.8, 4) is 5.75 Å². The van der Waals surface area contributed by atoms with Crippen LogP contribution in [0.15, 0.2) is 36.8 Å². The Balaban J connectivity index is 2.22. The lowest BCUT2D eigenvalue weighted by atomic mass is 10.0. The SMILES string of the molecule is CNC(c1ccc(OC(C)C)cc1)c1cncn1C. The molecule has 1 unspecified atom stereocenters. The molecule has 0 spiro atoms. The highest BCUT2D eigenvalue weighted by atomic mass is 16.5. The zero-order valence-electron chi connectivity index (χ0n) is 11.9. The lowest BCUT2D eigenvalue weighted by Crippen LogP contribution is -2.20. The van der Waals surface area contributed by atoms with Gasteiger partial charge in [0.25, 0.3) is 0 Å². The first-order valence-corrected chi connectivity index (χ1v) is 6.52. The van der Waals surface area contributed by atoms with Gasteiger partial charge in [0, 0.05) is 7.05 Å². The molecule has 2 aromatic rings. The molecule has 0 aliphatic heterocycles. The summed E-state index contributed by atoms with van der Waals surface area (Å²) in [4.78, 5) is 4.17. The molecule has 0 saturated heterocycles. The molecule has 0 amide bonds. The fourth-order valence-electron chi connectivity index (χ4n) is 2.14. The largest absolute Gasteiger partial charge is 0.491 e. The molecule has 0 bridgehead atoms. The van der Waals surface area contributed by atoms with E-state index in [1.807, 2.05) is 57.2 Å². The summed E-state index contributed by atoms with van der Waals surface area (Å²) in [5.74, 6) is 0.901. The summed E-state index contributed by atoms with van der Waals surface area (Å²) in [7, 11) is 3.96. The molecule has 0 aliphatic rings. The third kappa shape index (κ3) is 3.15. The molecule has 0 fully saturated rings. The number of nitrogens with zero attached hydrogens (tertiary/aromatic N) is 2. The molecule has 1 N–H and O–H groups in total. The highest BCUT2D eigenvalue weighted by Crippen LogP contribution is 2.23. The van der Waals surface area contributed by atoms with E-state index in [0.29, 0.717) is 0 Å². The predicted octanol–water partition coefficient (Wildman–Crippen LogP) is 2.52. The highest BCUT2D eigenvalue weighted by molar-refractivity contribution is 5.33. The van der Waals surface area contributed by atoms with Crippen molar-refractivity contribution >= 4 is 0 Å². The molecular formula is C15H21N3O. The fraction of sp³-hybridized carbons (Fsp3) is 0.400. The number of aromatic nitrogens is 2. The maximum absolute atomic E-state index is 5.66. The van der Waals surface area contributed by atoms with Crippen LogP contribution in [-0.2, 0) is 7.05 Å². The Kier molecular flexibility index (Phi) is 4.22. The number of rotatable bonds is 5. The summed E-state index contributed by atoms with van der Waals surface area (Å²) >= 11 is 0. The normalized spacial score (nSPS) is 12.7. The van der Waals surface area contributed by atoms with Gasteiger partial charge >= 0.3 is 0 Å². The molecule has 1 aromatic heterocycles. The molecule has 0 aliphatic carbocycles. The van der Waals surface area contributed by atoms with Crippen molar-refractivity contribution in [3.63, 3.8) is 0 Å². The third-order valence-electron chi connectivity index (χ3n) is 3.02. The molecule has 0 saturated carbocycles. The van der Waals surface area contributed by atoms with E-state index >= 15 is 0 Å². The van der Waals surface area contributed by atoms with Gasteiger partial charge in [0.1, 0.15) is 5.75 Å². The minimum absolute atomic E-state index is 0.139. The molecule has 4 nitrogen and oxygen atoms in total. The Bertz CT molecular complexity index is 516. The van der Waals surface area contributed by atoms with Crippen molar-refractivity contribution < 1.29 is 4.74 Å². The molecular weight excluding hydrogens is 238 g/mol. The van der Waals surface area contributed by atoms with Crippen LogP contribution in [0.25, 0.3) is 0 Å². The van der Waals surface area contributed by atoms with Crippen molar-refractivity contribution in [2.24, 2.45) is 7.05 Å². The number of hydrogen-bond acceptors (Lipinski definition) is 3. The molecule has 19 heavy (non-hydrogen) atoms. The van der Waals surface area contributed by atoms with Gasteiger partial charge in [-0.05, 0) is 38.6 Å². The lowest BCUT2D eigenvalue weighted by Gasteiger charge is -2.18. The van der Waals surface area contributed by atoms with Crippen molar-refractivity contribution in [2.45, 2.75) is 26.0 Å². The van der Waals surface area contributed by atoms with Crippen LogP contribution in [0, 0.1) is 0 Å². The van der Waals surface area contributed by atoms with E-state index < -0.39 is 0 Å². The molecule has 2 rings (SSSR count). The molecule has 1 atom stereocenters. The van der Waals surface area contributed by atoms with E-state index in [1.54, 1.807) is 0 Å². The van der Waals surface area contributed by atoms with Gasteiger partial charge in [-0.25, -0.2) is 4.98 Å². The van der Waals surface area contributed by atoms with Crippen LogP contribution in [0.5, 0.6) is 5.75 Å². The smallest absolute Gasteiger partial charge is 0.119 e. The van der Waals surface area contributed by atoms with Gasteiger partial charge in [0.15, 0.2) is 0 Å². The van der Waals surface area contributed by atoms with Crippen LogP contribution in [0.2, 0.25) is 0 Å². The van der Waals surface area contributed by atoms with Crippen molar-refractivity contribution in [1.82, 2.24) is 14.9 Å². The van der Waals surface area contributed by atoms with E-state index in [4.69, 9.17) is 4.74 Å². The van der Waals surface area contributed by atoms with E-state index in [1.165, 1.54) is 5.56 Å². The molecule has 1 aromatic carbocycles. The summed E-state index contributed by atoms with van der Waals surface area (Å²) in [6.07, 6.45) is 3.90. The Hall–Kier alpha value is -1.81. The van der Waals surface area contributed by atoms with E-state index in [0.717, 1.165) is 11.4 Å². The minimum Gasteiger partial charge on any atom is -0.491 e. The maximum Gasteiger partial charge on any atom is 0.119 e. The van der Waals surface area contributed by atoms with Gasteiger partial charge in [-0.15, -0.1) is 0 Å². The van der Waals surface area contributed by atoms with Gasteiger partial charge in [-0.2, -0.15) is 0 Å². The standard InChI is InChI=1S/C15H21N3O/c1-11(2)19-13-7-5-12(6-8-13)15(16-3)14-9-17-10-18(14)4/h5-11,15-16H,1-4H3. The number of benzene rings is 1.